The minimum atomic E-state index is -1.52. The summed E-state index contributed by atoms with van der Waals surface area (Å²) in [6.45, 7) is 0. The Hall–Kier alpha value is -10.4. The molecule has 0 radical (unpaired) electrons. The van der Waals surface area contributed by atoms with Crippen molar-refractivity contribution in [1.29, 1.82) is 0 Å². The molecule has 86 heavy (non-hydrogen) atoms. The molecule has 0 fully saturated rings. The van der Waals surface area contributed by atoms with Crippen molar-refractivity contribution in [3.63, 3.8) is 0 Å². The van der Waals surface area contributed by atoms with Crippen molar-refractivity contribution in [2.45, 2.75) is 0 Å². The van der Waals surface area contributed by atoms with E-state index in [1.54, 1.807) is 25.3 Å². The monoisotopic (exact) mass is 1180 g/mol. The van der Waals surface area contributed by atoms with Crippen LogP contribution in [0.15, 0.2) is 293 Å². The van der Waals surface area contributed by atoms with Crippen LogP contribution in [0.5, 0.6) is 0 Å². The number of aromatic nitrogens is 4. The number of aryl methyl sites for hydroxylation is 2. The van der Waals surface area contributed by atoms with E-state index < -0.39 is 7.12 Å². The van der Waals surface area contributed by atoms with E-state index in [0.29, 0.717) is 5.46 Å². The highest BCUT2D eigenvalue weighted by Gasteiger charge is 2.23. The van der Waals surface area contributed by atoms with Gasteiger partial charge in [0.2, 0.25) is 0 Å². The third-order valence-electron chi connectivity index (χ3n) is 16.7. The highest BCUT2D eigenvalue weighted by molar-refractivity contribution is 9.10. The van der Waals surface area contributed by atoms with E-state index in [4.69, 9.17) is 0 Å². The van der Waals surface area contributed by atoms with Gasteiger partial charge in [-0.15, -0.1) is 0 Å². The minimum absolute atomic E-state index is 0.0291. The summed E-state index contributed by atoms with van der Waals surface area (Å²) in [6, 6.07) is 95.3. The lowest BCUT2D eigenvalue weighted by atomic mass is 9.72. The fourth-order valence-corrected chi connectivity index (χ4v) is 12.9. The Labute approximate surface area is 503 Å². The second-order valence-corrected chi connectivity index (χ2v) is 22.5. The van der Waals surface area contributed by atoms with Crippen LogP contribution in [0.2, 0.25) is 0 Å². The van der Waals surface area contributed by atoms with E-state index in [-0.39, 0.29) is 11.4 Å². The highest BCUT2D eigenvalue weighted by atomic mass is 79.9. The molecule has 0 amide bonds. The average molecular weight is 1180 g/mol. The zero-order valence-corrected chi connectivity index (χ0v) is 48.6. The number of nitrogens with zero attached hydrogens (tertiary/aromatic N) is 4. The summed E-state index contributed by atoms with van der Waals surface area (Å²) >= 11 is 3.40. The number of para-hydroxylation sites is 4. The van der Waals surface area contributed by atoms with Crippen molar-refractivity contribution >= 4 is 115 Å². The number of hydrogen-bond acceptors (Lipinski definition) is 4. The highest BCUT2D eigenvalue weighted by Crippen LogP contribution is 2.44. The number of fused-ring (bicyclic) bond motifs is 8. The van der Waals surface area contributed by atoms with Gasteiger partial charge in [-0.05, 0) is 176 Å². The van der Waals surface area contributed by atoms with E-state index in [1.807, 2.05) is 128 Å². The van der Waals surface area contributed by atoms with Crippen molar-refractivity contribution in [3.05, 3.63) is 304 Å². The molecule has 0 aliphatic carbocycles. The smallest absolute Gasteiger partial charge is 0.423 e. The first kappa shape index (κ1) is 53.6. The van der Waals surface area contributed by atoms with Gasteiger partial charge in [0, 0.05) is 18.6 Å². The summed E-state index contributed by atoms with van der Waals surface area (Å²) in [6.07, 6.45) is 0. The molecule has 0 atom stereocenters. The van der Waals surface area contributed by atoms with Crippen molar-refractivity contribution in [2.24, 2.45) is 14.1 Å². The van der Waals surface area contributed by atoms with Crippen LogP contribution in [0.1, 0.15) is 0 Å². The number of hydrogen-bond donors (Lipinski definition) is 2. The maximum absolute atomic E-state index is 13.2. The van der Waals surface area contributed by atoms with Gasteiger partial charge in [-0.1, -0.05) is 222 Å². The molecule has 0 saturated carbocycles. The molecule has 0 spiro atoms. The van der Waals surface area contributed by atoms with Crippen LogP contribution >= 0.6 is 15.9 Å². The van der Waals surface area contributed by atoms with Crippen LogP contribution in [-0.2, 0) is 14.1 Å². The van der Waals surface area contributed by atoms with Gasteiger partial charge in [0.25, 0.3) is 0 Å². The first-order chi connectivity index (χ1) is 42.1. The minimum Gasteiger partial charge on any atom is -0.423 e. The lowest BCUT2D eigenvalue weighted by molar-refractivity contribution is 0.426. The predicted molar refractivity (Wildman–Crippen MR) is 362 cm³/mol. The molecule has 8 nitrogen and oxygen atoms in total. The molecule has 0 saturated heterocycles. The van der Waals surface area contributed by atoms with Gasteiger partial charge >= 0.3 is 18.5 Å². The van der Waals surface area contributed by atoms with Gasteiger partial charge in [0.15, 0.2) is 0 Å². The third-order valence-corrected chi connectivity index (χ3v) is 17.2. The quantitative estimate of drug-likeness (QED) is 0.128. The van der Waals surface area contributed by atoms with Gasteiger partial charge < -0.3 is 10.0 Å². The summed E-state index contributed by atoms with van der Waals surface area (Å²) < 4.78 is 7.88. The standard InChI is InChI=1S/C38H26N2O.C24H17BO2.C14H11BrN2O/c1-39-34-16-8-9-17-35(34)40(38(39)41)29-22-20-26(21-23-29)36-30-12-4-6-14-32(30)37(33-15-7-5-13-31(33)36)28-19-18-25-10-2-3-11-27(25)24-28;26-25(27)24-21-11-5-3-9-19(21)23(20-10-4-6-12-22(20)24)18-14-13-16-7-1-2-8-17(16)15-18;1-16-12-4-2-3-5-13(12)17(14(16)18)11-8-6-10(15)7-9-11/h2-24H,1H3;1-15,26-27H;2-9H,1H3. The Morgan fingerprint density at radius 3 is 0.988 bits per heavy atom. The van der Waals surface area contributed by atoms with Gasteiger partial charge in [-0.25, -0.2) is 9.59 Å². The number of rotatable bonds is 6. The largest absolute Gasteiger partial charge is 0.489 e. The molecule has 16 rings (SSSR count). The number of imidazole rings is 2. The molecule has 0 unspecified atom stereocenters. The van der Waals surface area contributed by atoms with E-state index in [0.717, 1.165) is 76.1 Å². The summed E-state index contributed by atoms with van der Waals surface area (Å²) in [5, 5.41) is 33.7. The van der Waals surface area contributed by atoms with Crippen molar-refractivity contribution in [1.82, 2.24) is 18.3 Å². The first-order valence-corrected chi connectivity index (χ1v) is 29.3. The van der Waals surface area contributed by atoms with Crippen LogP contribution in [0.3, 0.4) is 0 Å². The van der Waals surface area contributed by atoms with Crippen molar-refractivity contribution in [3.8, 4) is 44.8 Å². The second kappa shape index (κ2) is 22.3. The molecule has 0 bridgehead atoms. The maximum Gasteiger partial charge on any atom is 0.489 e. The molecular formula is C76H54BBrN4O4. The van der Waals surface area contributed by atoms with Crippen LogP contribution in [0.25, 0.3) is 131 Å². The summed E-state index contributed by atoms with van der Waals surface area (Å²) in [5.74, 6) is 0. The van der Waals surface area contributed by atoms with E-state index in [1.165, 1.54) is 59.8 Å². The fraction of sp³-hybridized carbons (Fsp3) is 0.0263. The fourth-order valence-electron chi connectivity index (χ4n) is 12.6. The Kier molecular flexibility index (Phi) is 13.9. The molecule has 2 N–H and O–H groups in total. The van der Waals surface area contributed by atoms with Crippen molar-refractivity contribution < 1.29 is 10.0 Å². The van der Waals surface area contributed by atoms with Crippen molar-refractivity contribution in [2.75, 3.05) is 0 Å². The Morgan fingerprint density at radius 2 is 0.605 bits per heavy atom. The molecule has 412 valence electrons. The molecule has 10 heteroatoms. The van der Waals surface area contributed by atoms with Gasteiger partial charge in [-0.2, -0.15) is 0 Å². The topological polar surface area (TPSA) is 94.3 Å². The SMILES string of the molecule is Cn1c(=O)n(-c2ccc(-c3c4ccccc4c(-c4ccc5ccccc5c4)c4ccccc34)cc2)c2ccccc21.Cn1c(=O)n(-c2ccc(Br)cc2)c2ccccc21.OB(O)c1c2ccccc2c(-c2ccc3ccccc3c2)c2ccccc12. The first-order valence-electron chi connectivity index (χ1n) is 28.5. The van der Waals surface area contributed by atoms with Gasteiger partial charge in [-0.3, -0.25) is 18.3 Å². The lowest BCUT2D eigenvalue weighted by Gasteiger charge is -2.18. The predicted octanol–water partition coefficient (Wildman–Crippen LogP) is 16.7. The second-order valence-electron chi connectivity index (χ2n) is 21.6. The molecule has 14 aromatic carbocycles. The molecular weight excluding hydrogens is 1120 g/mol. The normalized spacial score (nSPS) is 11.4. The molecule has 2 aromatic heterocycles. The van der Waals surface area contributed by atoms with E-state index in [2.05, 4.69) is 174 Å². The Morgan fingerprint density at radius 1 is 0.314 bits per heavy atom. The lowest BCUT2D eigenvalue weighted by Crippen LogP contribution is -2.31. The Bertz CT molecular complexity index is 5320. The number of halogens is 1. The third kappa shape index (κ3) is 9.37. The molecule has 0 aliphatic heterocycles. The maximum atomic E-state index is 13.2. The van der Waals surface area contributed by atoms with Gasteiger partial charge in [0.05, 0.1) is 33.4 Å². The number of benzene rings is 14. The van der Waals surface area contributed by atoms with Crippen LogP contribution in [0.4, 0.5) is 0 Å². The zero-order valence-electron chi connectivity index (χ0n) is 47.0. The molecule has 2 heterocycles. The summed E-state index contributed by atoms with van der Waals surface area (Å²) in [4.78, 5) is 25.5. The Balaban J connectivity index is 0.000000124. The molecule has 16 aromatic rings. The zero-order chi connectivity index (χ0) is 58.6. The van der Waals surface area contributed by atoms with E-state index >= 15 is 0 Å². The summed E-state index contributed by atoms with van der Waals surface area (Å²) in [5.41, 5.74) is 13.0. The van der Waals surface area contributed by atoms with Crippen LogP contribution < -0.4 is 16.8 Å². The van der Waals surface area contributed by atoms with E-state index in [9.17, 15) is 19.6 Å². The van der Waals surface area contributed by atoms with Crippen LogP contribution in [-0.4, -0.2) is 35.4 Å². The average Bonchev–Trinajstić information content (AvgIpc) is 1.36. The molecule has 0 aliphatic rings. The van der Waals surface area contributed by atoms with Gasteiger partial charge in [0.1, 0.15) is 0 Å². The van der Waals surface area contributed by atoms with Crippen LogP contribution in [0, 0.1) is 0 Å². The summed E-state index contributed by atoms with van der Waals surface area (Å²) in [7, 11) is 2.09.